The molecule has 2 heteroatoms. The molecule has 0 radical (unpaired) electrons. The minimum atomic E-state index is 0.306. The Morgan fingerprint density at radius 3 is 2.46 bits per heavy atom. The van der Waals surface area contributed by atoms with E-state index in [0.717, 1.165) is 12.7 Å². The Kier molecular flexibility index (Phi) is 5.97. The van der Waals surface area contributed by atoms with Crippen LogP contribution in [0.3, 0.4) is 0 Å². The third kappa shape index (κ3) is 3.47. The Labute approximate surface area is 82.3 Å². The molecule has 1 aliphatic heterocycles. The van der Waals surface area contributed by atoms with Crippen molar-refractivity contribution in [3.8, 4) is 0 Å². The van der Waals surface area contributed by atoms with Crippen LogP contribution in [0.1, 0.15) is 46.5 Å². The molecule has 78 valence electrons. The van der Waals surface area contributed by atoms with E-state index < -0.39 is 0 Å². The van der Waals surface area contributed by atoms with E-state index in [2.05, 4.69) is 18.9 Å². The lowest BCUT2D eigenvalue weighted by atomic mass is 9.93. The Bertz CT molecular complexity index is 147. The van der Waals surface area contributed by atoms with E-state index in [4.69, 9.17) is 0 Å². The van der Waals surface area contributed by atoms with Crippen LogP contribution < -0.4 is 0 Å². The zero-order valence-corrected chi connectivity index (χ0v) is 9.47. The lowest BCUT2D eigenvalue weighted by molar-refractivity contribution is -0.108. The van der Waals surface area contributed by atoms with E-state index in [9.17, 15) is 4.79 Å². The van der Waals surface area contributed by atoms with Crippen LogP contribution in [0.5, 0.6) is 0 Å². The molecule has 0 saturated carbocycles. The van der Waals surface area contributed by atoms with E-state index in [-0.39, 0.29) is 0 Å². The minimum Gasteiger partial charge on any atom is -0.303 e. The first-order chi connectivity index (χ1) is 6.19. The van der Waals surface area contributed by atoms with Gasteiger partial charge in [0, 0.05) is 12.0 Å². The maximum Gasteiger partial charge on any atom is 0.120 e. The fraction of sp³-hybridized carbons (Fsp3) is 0.909. The topological polar surface area (TPSA) is 20.3 Å². The Balaban J connectivity index is 0.000000671. The summed E-state index contributed by atoms with van der Waals surface area (Å²) < 4.78 is 0. The maximum atomic E-state index is 10.2. The van der Waals surface area contributed by atoms with Gasteiger partial charge in [-0.3, -0.25) is 0 Å². The average molecular weight is 185 g/mol. The molecule has 0 spiro atoms. The van der Waals surface area contributed by atoms with Gasteiger partial charge in [0.1, 0.15) is 6.29 Å². The van der Waals surface area contributed by atoms with Crippen molar-refractivity contribution < 1.29 is 4.79 Å². The van der Waals surface area contributed by atoms with Crippen molar-refractivity contribution in [3.05, 3.63) is 0 Å². The van der Waals surface area contributed by atoms with E-state index in [1.807, 2.05) is 13.8 Å². The average Bonchev–Trinajstić information content (AvgIpc) is 2.48. The first-order valence-corrected chi connectivity index (χ1v) is 5.34. The van der Waals surface area contributed by atoms with Crippen molar-refractivity contribution in [2.24, 2.45) is 0 Å². The highest BCUT2D eigenvalue weighted by Crippen LogP contribution is 2.30. The van der Waals surface area contributed by atoms with Gasteiger partial charge >= 0.3 is 0 Å². The highest BCUT2D eigenvalue weighted by atomic mass is 16.1. The summed E-state index contributed by atoms with van der Waals surface area (Å²) >= 11 is 0. The summed E-state index contributed by atoms with van der Waals surface area (Å²) in [6, 6.07) is 0. The van der Waals surface area contributed by atoms with Crippen molar-refractivity contribution in [1.82, 2.24) is 4.90 Å². The van der Waals surface area contributed by atoms with Crippen LogP contribution in [-0.2, 0) is 4.79 Å². The summed E-state index contributed by atoms with van der Waals surface area (Å²) in [6.45, 7) is 7.44. The summed E-state index contributed by atoms with van der Waals surface area (Å²) in [4.78, 5) is 12.6. The van der Waals surface area contributed by atoms with Crippen LogP contribution in [0.25, 0.3) is 0 Å². The van der Waals surface area contributed by atoms with Crippen molar-refractivity contribution in [1.29, 1.82) is 0 Å². The Morgan fingerprint density at radius 2 is 2.08 bits per heavy atom. The van der Waals surface area contributed by atoms with Crippen LogP contribution in [-0.4, -0.2) is 30.3 Å². The molecule has 0 aliphatic carbocycles. The van der Waals surface area contributed by atoms with Gasteiger partial charge in [0.25, 0.3) is 0 Å². The predicted octanol–water partition coefficient (Wildman–Crippen LogP) is 2.48. The lowest BCUT2D eigenvalue weighted by Gasteiger charge is -2.31. The summed E-state index contributed by atoms with van der Waals surface area (Å²) in [5.41, 5.74) is 0.306. The highest BCUT2D eigenvalue weighted by Gasteiger charge is 2.32. The standard InChI is InChI=1S/C9H17NO.C2H6/c1-9(6-4-8-11)5-3-7-10(9)2;1-2/h8H,3-7H2,1-2H3;1-2H3. The SMILES string of the molecule is CC.CN1CCCC1(C)CCC=O. The molecule has 1 fully saturated rings. The molecule has 0 aromatic heterocycles. The summed E-state index contributed by atoms with van der Waals surface area (Å²) in [5, 5.41) is 0. The van der Waals surface area contributed by atoms with Gasteiger partial charge in [0.05, 0.1) is 0 Å². The first-order valence-electron chi connectivity index (χ1n) is 5.34. The molecule has 1 atom stereocenters. The van der Waals surface area contributed by atoms with Gasteiger partial charge in [0.15, 0.2) is 0 Å². The Morgan fingerprint density at radius 1 is 1.46 bits per heavy atom. The molecule has 1 rings (SSSR count). The predicted molar refractivity (Wildman–Crippen MR) is 56.9 cm³/mol. The molecule has 1 saturated heterocycles. The first kappa shape index (κ1) is 12.6. The number of nitrogens with zero attached hydrogens (tertiary/aromatic N) is 1. The second-order valence-corrected chi connectivity index (χ2v) is 3.73. The lowest BCUT2D eigenvalue weighted by Crippen LogP contribution is -2.37. The number of carbonyl (C=O) groups is 1. The minimum absolute atomic E-state index is 0.306. The van der Waals surface area contributed by atoms with Gasteiger partial charge in [-0.2, -0.15) is 0 Å². The van der Waals surface area contributed by atoms with Gasteiger partial charge < -0.3 is 9.69 Å². The smallest absolute Gasteiger partial charge is 0.120 e. The van der Waals surface area contributed by atoms with Gasteiger partial charge in [-0.25, -0.2) is 0 Å². The van der Waals surface area contributed by atoms with E-state index in [1.165, 1.54) is 19.4 Å². The Hall–Kier alpha value is -0.370. The fourth-order valence-corrected chi connectivity index (χ4v) is 1.84. The third-order valence-electron chi connectivity index (χ3n) is 2.93. The largest absolute Gasteiger partial charge is 0.303 e. The molecule has 1 aliphatic rings. The highest BCUT2D eigenvalue weighted by molar-refractivity contribution is 5.49. The second-order valence-electron chi connectivity index (χ2n) is 3.73. The van der Waals surface area contributed by atoms with Gasteiger partial charge in [-0.15, -0.1) is 0 Å². The van der Waals surface area contributed by atoms with Crippen molar-refractivity contribution >= 4 is 6.29 Å². The van der Waals surface area contributed by atoms with E-state index >= 15 is 0 Å². The molecular formula is C11H23NO. The summed E-state index contributed by atoms with van der Waals surface area (Å²) in [5.74, 6) is 0. The summed E-state index contributed by atoms with van der Waals surface area (Å²) in [6.07, 6.45) is 5.29. The van der Waals surface area contributed by atoms with Gasteiger partial charge in [-0.05, 0) is 39.8 Å². The number of carbonyl (C=O) groups excluding carboxylic acids is 1. The maximum absolute atomic E-state index is 10.2. The molecule has 0 amide bonds. The van der Waals surface area contributed by atoms with Crippen molar-refractivity contribution in [2.75, 3.05) is 13.6 Å². The monoisotopic (exact) mass is 185 g/mol. The third-order valence-corrected chi connectivity index (χ3v) is 2.93. The van der Waals surface area contributed by atoms with Crippen molar-refractivity contribution in [2.45, 2.75) is 52.0 Å². The molecular weight excluding hydrogens is 162 g/mol. The summed E-state index contributed by atoms with van der Waals surface area (Å²) in [7, 11) is 2.15. The molecule has 13 heavy (non-hydrogen) atoms. The van der Waals surface area contributed by atoms with Crippen molar-refractivity contribution in [3.63, 3.8) is 0 Å². The second kappa shape index (κ2) is 6.14. The molecule has 1 unspecified atom stereocenters. The zero-order chi connectivity index (χ0) is 10.3. The molecule has 1 heterocycles. The molecule has 0 bridgehead atoms. The van der Waals surface area contributed by atoms with Gasteiger partial charge in [0.2, 0.25) is 0 Å². The normalized spacial score (nSPS) is 28.0. The van der Waals surface area contributed by atoms with E-state index in [1.54, 1.807) is 0 Å². The molecule has 0 aromatic rings. The zero-order valence-electron chi connectivity index (χ0n) is 9.47. The van der Waals surface area contributed by atoms with Gasteiger partial charge in [-0.1, -0.05) is 13.8 Å². The van der Waals surface area contributed by atoms with Crippen LogP contribution in [0.4, 0.5) is 0 Å². The van der Waals surface area contributed by atoms with Crippen LogP contribution in [0.2, 0.25) is 0 Å². The number of aldehydes is 1. The fourth-order valence-electron chi connectivity index (χ4n) is 1.84. The van der Waals surface area contributed by atoms with E-state index in [0.29, 0.717) is 12.0 Å². The van der Waals surface area contributed by atoms with Crippen LogP contribution >= 0.6 is 0 Å². The quantitative estimate of drug-likeness (QED) is 0.630. The molecule has 2 nitrogen and oxygen atoms in total. The number of rotatable bonds is 3. The van der Waals surface area contributed by atoms with Crippen LogP contribution in [0.15, 0.2) is 0 Å². The molecule has 0 aromatic carbocycles. The molecule has 0 N–H and O–H groups in total. The number of likely N-dealkylation sites (tertiary alicyclic amines) is 1. The van der Waals surface area contributed by atoms with Crippen LogP contribution in [0, 0.1) is 0 Å². The number of hydrogen-bond donors (Lipinski definition) is 0. The number of hydrogen-bond acceptors (Lipinski definition) is 2.